The van der Waals surface area contributed by atoms with E-state index >= 15 is 0 Å². The van der Waals surface area contributed by atoms with Gasteiger partial charge in [0.1, 0.15) is 0 Å². The average molecular weight is 420 g/mol. The van der Waals surface area contributed by atoms with Gasteiger partial charge in [-0.15, -0.1) is 37.2 Å². The van der Waals surface area contributed by atoms with Crippen molar-refractivity contribution in [2.45, 2.75) is 33.1 Å². The van der Waals surface area contributed by atoms with Gasteiger partial charge < -0.3 is 15.5 Å². The first-order chi connectivity index (χ1) is 10.7. The molecule has 2 heterocycles. The maximum Gasteiger partial charge on any atom is 0.220 e. The van der Waals surface area contributed by atoms with Crippen LogP contribution in [0.5, 0.6) is 0 Å². The predicted molar refractivity (Wildman–Crippen MR) is 113 cm³/mol. The number of piperidine rings is 1. The summed E-state index contributed by atoms with van der Waals surface area (Å²) in [7, 11) is 0. The summed E-state index contributed by atoms with van der Waals surface area (Å²) in [4.78, 5) is 17.0. The minimum absolute atomic E-state index is 0. The second kappa shape index (κ2) is 15.3. The standard InChI is InChI=1S/C17H34N4O.3ClH/c1-3-20-9-11-21(12-10-20)8-7-19-17(22)13-15(2)16-5-4-6-18-14-16;;;/h15-16,18H,3-14H2,1-2H3,(H,19,22);3*1H. The lowest BCUT2D eigenvalue weighted by molar-refractivity contribution is -0.122. The lowest BCUT2D eigenvalue weighted by Gasteiger charge is -2.34. The summed E-state index contributed by atoms with van der Waals surface area (Å²) >= 11 is 0. The van der Waals surface area contributed by atoms with Crippen LogP contribution in [0.25, 0.3) is 0 Å². The Morgan fingerprint density at radius 2 is 1.80 bits per heavy atom. The lowest BCUT2D eigenvalue weighted by Crippen LogP contribution is -2.48. The largest absolute Gasteiger partial charge is 0.355 e. The van der Waals surface area contributed by atoms with Crippen molar-refractivity contribution < 1.29 is 4.79 Å². The van der Waals surface area contributed by atoms with Crippen LogP contribution in [-0.2, 0) is 4.79 Å². The summed E-state index contributed by atoms with van der Waals surface area (Å²) in [5.74, 6) is 1.38. The van der Waals surface area contributed by atoms with Gasteiger partial charge in [0.15, 0.2) is 0 Å². The summed E-state index contributed by atoms with van der Waals surface area (Å²) < 4.78 is 0. The molecule has 2 aliphatic heterocycles. The number of carbonyl (C=O) groups is 1. The maximum atomic E-state index is 12.1. The van der Waals surface area contributed by atoms with Gasteiger partial charge in [-0.1, -0.05) is 13.8 Å². The van der Waals surface area contributed by atoms with Crippen LogP contribution in [0.2, 0.25) is 0 Å². The van der Waals surface area contributed by atoms with Gasteiger partial charge in [-0.3, -0.25) is 9.69 Å². The number of hydrogen-bond donors (Lipinski definition) is 2. The second-order valence-electron chi connectivity index (χ2n) is 6.91. The van der Waals surface area contributed by atoms with Crippen molar-refractivity contribution in [1.29, 1.82) is 0 Å². The minimum atomic E-state index is 0. The van der Waals surface area contributed by atoms with Gasteiger partial charge >= 0.3 is 0 Å². The summed E-state index contributed by atoms with van der Waals surface area (Å²) in [6.07, 6.45) is 3.19. The van der Waals surface area contributed by atoms with E-state index in [1.54, 1.807) is 0 Å². The molecule has 0 saturated carbocycles. The van der Waals surface area contributed by atoms with Crippen LogP contribution in [0.1, 0.15) is 33.1 Å². The van der Waals surface area contributed by atoms with Crippen LogP contribution >= 0.6 is 37.2 Å². The quantitative estimate of drug-likeness (QED) is 0.663. The third kappa shape index (κ3) is 10.2. The highest BCUT2D eigenvalue weighted by Gasteiger charge is 2.22. The summed E-state index contributed by atoms with van der Waals surface area (Å²) in [6, 6.07) is 0. The summed E-state index contributed by atoms with van der Waals surface area (Å²) in [5.41, 5.74) is 0. The predicted octanol–water partition coefficient (Wildman–Crippen LogP) is 2.03. The van der Waals surface area contributed by atoms with Gasteiger partial charge in [0.05, 0.1) is 0 Å². The van der Waals surface area contributed by atoms with Gasteiger partial charge in [-0.05, 0) is 44.3 Å². The maximum absolute atomic E-state index is 12.1. The molecule has 2 atom stereocenters. The number of carbonyl (C=O) groups excluding carboxylic acids is 1. The van der Waals surface area contributed by atoms with Crippen LogP contribution in [0, 0.1) is 11.8 Å². The molecular formula is C17H37Cl3N4O. The van der Waals surface area contributed by atoms with Gasteiger partial charge in [-0.25, -0.2) is 0 Å². The molecule has 0 spiro atoms. The number of nitrogens with one attached hydrogen (secondary N) is 2. The monoisotopic (exact) mass is 418 g/mol. The normalized spacial score (nSPS) is 22.7. The smallest absolute Gasteiger partial charge is 0.220 e. The van der Waals surface area contributed by atoms with Crippen LogP contribution in [0.3, 0.4) is 0 Å². The molecule has 0 aromatic rings. The van der Waals surface area contributed by atoms with Gasteiger partial charge in [0, 0.05) is 45.7 Å². The van der Waals surface area contributed by atoms with Crippen molar-refractivity contribution in [3.63, 3.8) is 0 Å². The summed E-state index contributed by atoms with van der Waals surface area (Å²) in [6.45, 7) is 14.2. The highest BCUT2D eigenvalue weighted by molar-refractivity contribution is 5.86. The number of rotatable bonds is 7. The average Bonchev–Trinajstić information content (AvgIpc) is 2.56. The zero-order valence-electron chi connectivity index (χ0n) is 15.7. The molecule has 1 amide bonds. The Bertz CT molecular complexity index is 336. The molecular weight excluding hydrogens is 383 g/mol. The molecule has 0 aromatic heterocycles. The second-order valence-corrected chi connectivity index (χ2v) is 6.91. The highest BCUT2D eigenvalue weighted by atomic mass is 35.5. The lowest BCUT2D eigenvalue weighted by atomic mass is 9.85. The highest BCUT2D eigenvalue weighted by Crippen LogP contribution is 2.22. The fraction of sp³-hybridized carbons (Fsp3) is 0.941. The molecule has 8 heteroatoms. The SMILES string of the molecule is CCN1CCN(CCNC(=O)CC(C)C2CCCNC2)CC1.Cl.Cl.Cl. The molecule has 2 fully saturated rings. The molecule has 2 aliphatic rings. The van der Waals surface area contributed by atoms with E-state index in [1.807, 2.05) is 0 Å². The number of piperazine rings is 1. The minimum Gasteiger partial charge on any atom is -0.355 e. The van der Waals surface area contributed by atoms with Crippen molar-refractivity contribution >= 4 is 43.1 Å². The molecule has 2 rings (SSSR count). The fourth-order valence-corrected chi connectivity index (χ4v) is 3.58. The van der Waals surface area contributed by atoms with Crippen molar-refractivity contribution in [2.24, 2.45) is 11.8 Å². The van der Waals surface area contributed by atoms with E-state index in [4.69, 9.17) is 0 Å². The molecule has 0 bridgehead atoms. The zero-order valence-corrected chi connectivity index (χ0v) is 18.1. The molecule has 0 aliphatic carbocycles. The number of halogens is 3. The number of nitrogens with zero attached hydrogens (tertiary/aromatic N) is 2. The summed E-state index contributed by atoms with van der Waals surface area (Å²) in [5, 5.41) is 6.55. The van der Waals surface area contributed by atoms with Crippen LogP contribution in [0.15, 0.2) is 0 Å². The van der Waals surface area contributed by atoms with Gasteiger partial charge in [0.2, 0.25) is 5.91 Å². The third-order valence-corrected chi connectivity index (χ3v) is 5.31. The Morgan fingerprint density at radius 3 is 2.36 bits per heavy atom. The van der Waals surface area contributed by atoms with Crippen molar-refractivity contribution in [2.75, 3.05) is 58.9 Å². The molecule has 2 N–H and O–H groups in total. The molecule has 0 radical (unpaired) electrons. The Labute approximate surface area is 172 Å². The van der Waals surface area contributed by atoms with Crippen LogP contribution < -0.4 is 10.6 Å². The third-order valence-electron chi connectivity index (χ3n) is 5.31. The Balaban J connectivity index is 0. The molecule has 5 nitrogen and oxygen atoms in total. The number of hydrogen-bond acceptors (Lipinski definition) is 4. The van der Waals surface area contributed by atoms with Crippen LogP contribution in [0.4, 0.5) is 0 Å². The topological polar surface area (TPSA) is 47.6 Å². The Hall–Kier alpha value is 0.220. The van der Waals surface area contributed by atoms with E-state index in [2.05, 4.69) is 34.3 Å². The Morgan fingerprint density at radius 1 is 1.16 bits per heavy atom. The first-order valence-electron chi connectivity index (χ1n) is 9.11. The first kappa shape index (κ1) is 27.4. The van der Waals surface area contributed by atoms with Crippen molar-refractivity contribution in [1.82, 2.24) is 20.4 Å². The van der Waals surface area contributed by atoms with Crippen LogP contribution in [-0.4, -0.2) is 74.6 Å². The van der Waals surface area contributed by atoms with Gasteiger partial charge in [-0.2, -0.15) is 0 Å². The molecule has 2 saturated heterocycles. The zero-order chi connectivity index (χ0) is 15.8. The van der Waals surface area contributed by atoms with E-state index in [-0.39, 0.29) is 43.1 Å². The molecule has 2 unspecified atom stereocenters. The first-order valence-corrected chi connectivity index (χ1v) is 9.11. The number of likely N-dealkylation sites (N-methyl/N-ethyl adjacent to an activating group) is 1. The van der Waals surface area contributed by atoms with E-state index in [1.165, 1.54) is 12.8 Å². The van der Waals surface area contributed by atoms with Crippen molar-refractivity contribution in [3.05, 3.63) is 0 Å². The van der Waals surface area contributed by atoms with E-state index in [0.717, 1.165) is 58.9 Å². The Kier molecular flexibility index (Phi) is 16.8. The van der Waals surface area contributed by atoms with Crippen molar-refractivity contribution in [3.8, 4) is 0 Å². The molecule has 25 heavy (non-hydrogen) atoms. The number of amides is 1. The van der Waals surface area contributed by atoms with E-state index in [9.17, 15) is 4.79 Å². The molecule has 0 aromatic carbocycles. The van der Waals surface area contributed by atoms with Gasteiger partial charge in [0.25, 0.3) is 0 Å². The molecule has 152 valence electrons. The van der Waals surface area contributed by atoms with E-state index < -0.39 is 0 Å². The van der Waals surface area contributed by atoms with E-state index in [0.29, 0.717) is 18.3 Å². The fourth-order valence-electron chi connectivity index (χ4n) is 3.58.